The van der Waals surface area contributed by atoms with Crippen LogP contribution in [-0.2, 0) is 19.5 Å². The van der Waals surface area contributed by atoms with E-state index in [1.54, 1.807) is 5.82 Å². The number of rotatable bonds is 28. The first-order valence-electron chi connectivity index (χ1n) is 16.9. The fourth-order valence-corrected chi connectivity index (χ4v) is 5.62. The van der Waals surface area contributed by atoms with Gasteiger partial charge in [-0.1, -0.05) is 149 Å². The second-order valence-corrected chi connectivity index (χ2v) is 11.6. The Morgan fingerprint density at radius 2 is 0.861 bits per heavy atom. The molecule has 1 aromatic rings. The van der Waals surface area contributed by atoms with Crippen LogP contribution in [0.1, 0.15) is 187 Å². The number of nitrogens with zero attached hydrogens (tertiary/aromatic N) is 2. The van der Waals surface area contributed by atoms with E-state index < -0.39 is 0 Å². The first-order chi connectivity index (χ1) is 17.8. The molecule has 1 aromatic heterocycles. The van der Waals surface area contributed by atoms with Gasteiger partial charge in [0.25, 0.3) is 5.82 Å². The molecule has 0 saturated carbocycles. The molecular weight excluding hydrogens is 436 g/mol. The highest BCUT2D eigenvalue weighted by Gasteiger charge is 2.16. The molecule has 212 valence electrons. The Morgan fingerprint density at radius 3 is 1.33 bits per heavy atom. The molecule has 0 aromatic carbocycles. The summed E-state index contributed by atoms with van der Waals surface area (Å²) >= 11 is 0. The van der Waals surface area contributed by atoms with Gasteiger partial charge in [0.2, 0.25) is 0 Å². The van der Waals surface area contributed by atoms with Gasteiger partial charge in [-0.15, -0.1) is 0 Å². The van der Waals surface area contributed by atoms with E-state index in [4.69, 9.17) is 0 Å². The molecule has 2 nitrogen and oxygen atoms in total. The third-order valence-electron chi connectivity index (χ3n) is 8.10. The molecule has 1 rings (SSSR count). The van der Waals surface area contributed by atoms with Crippen LogP contribution in [-0.4, -0.2) is 4.57 Å². The average Bonchev–Trinajstić information content (AvgIpc) is 3.27. The Labute approximate surface area is 228 Å². The summed E-state index contributed by atoms with van der Waals surface area (Å²) in [6.07, 6.45) is 41.5. The topological polar surface area (TPSA) is 8.81 Å². The molecule has 36 heavy (non-hydrogen) atoms. The summed E-state index contributed by atoms with van der Waals surface area (Å²) in [4.78, 5) is 0. The Hall–Kier alpha value is -0.790. The van der Waals surface area contributed by atoms with E-state index >= 15 is 0 Å². The minimum absolute atomic E-state index is 1.22. The lowest BCUT2D eigenvalue weighted by molar-refractivity contribution is -0.704. The van der Waals surface area contributed by atoms with Crippen molar-refractivity contribution in [1.29, 1.82) is 0 Å². The SMILES string of the molecule is CCCCCCCCCCCCCCCCCCc1n(CCCCCC)cc[n+]1CCCCCCC. The van der Waals surface area contributed by atoms with Crippen molar-refractivity contribution in [2.75, 3.05) is 0 Å². The Kier molecular flexibility index (Phi) is 23.9. The van der Waals surface area contributed by atoms with Crippen molar-refractivity contribution in [1.82, 2.24) is 4.57 Å². The number of aryl methyl sites for hydroxylation is 2. The molecule has 0 radical (unpaired) electrons. The van der Waals surface area contributed by atoms with Crippen molar-refractivity contribution in [2.24, 2.45) is 0 Å². The first-order valence-corrected chi connectivity index (χ1v) is 16.9. The molecule has 0 spiro atoms. The van der Waals surface area contributed by atoms with Crippen molar-refractivity contribution in [3.05, 3.63) is 18.2 Å². The number of imidazole rings is 1. The third-order valence-corrected chi connectivity index (χ3v) is 8.10. The van der Waals surface area contributed by atoms with E-state index in [9.17, 15) is 0 Å². The molecule has 0 aliphatic rings. The second-order valence-electron chi connectivity index (χ2n) is 11.6. The largest absolute Gasteiger partial charge is 0.256 e. The van der Waals surface area contributed by atoms with Crippen LogP contribution in [0.4, 0.5) is 0 Å². The zero-order chi connectivity index (χ0) is 25.9. The summed E-state index contributed by atoms with van der Waals surface area (Å²) in [5, 5.41) is 0. The Morgan fingerprint density at radius 1 is 0.472 bits per heavy atom. The summed E-state index contributed by atoms with van der Waals surface area (Å²) in [5.41, 5.74) is 0. The van der Waals surface area contributed by atoms with Crippen molar-refractivity contribution in [3.8, 4) is 0 Å². The van der Waals surface area contributed by atoms with E-state index in [1.807, 2.05) is 0 Å². The maximum absolute atomic E-state index is 2.59. The standard InChI is InChI=1S/C34H67N2/c1-4-7-10-13-14-15-16-17-18-19-20-21-22-23-24-26-29-34-35(30-27-12-9-6-3)32-33-36(34)31-28-25-11-8-5-2/h32-33H,4-31H2,1-3H3/q+1. The van der Waals surface area contributed by atoms with Crippen LogP contribution in [0.25, 0.3) is 0 Å². The van der Waals surface area contributed by atoms with Crippen LogP contribution in [0.5, 0.6) is 0 Å². The van der Waals surface area contributed by atoms with Crippen molar-refractivity contribution < 1.29 is 4.57 Å². The quantitative estimate of drug-likeness (QED) is 0.0794. The van der Waals surface area contributed by atoms with Crippen LogP contribution < -0.4 is 4.57 Å². The minimum atomic E-state index is 1.22. The second kappa shape index (κ2) is 25.8. The molecule has 0 unspecified atom stereocenters. The average molecular weight is 504 g/mol. The molecule has 1 heterocycles. The molecule has 0 atom stereocenters. The summed E-state index contributed by atoms with van der Waals surface area (Å²) < 4.78 is 5.18. The van der Waals surface area contributed by atoms with E-state index in [0.717, 1.165) is 0 Å². The van der Waals surface area contributed by atoms with Gasteiger partial charge in [-0.3, -0.25) is 0 Å². The van der Waals surface area contributed by atoms with Gasteiger partial charge >= 0.3 is 0 Å². The maximum atomic E-state index is 2.59. The lowest BCUT2D eigenvalue weighted by Crippen LogP contribution is -2.37. The molecular formula is C34H67N2+. The zero-order valence-electron chi connectivity index (χ0n) is 25.3. The first kappa shape index (κ1) is 33.2. The highest BCUT2D eigenvalue weighted by molar-refractivity contribution is 4.84. The van der Waals surface area contributed by atoms with Gasteiger partial charge < -0.3 is 0 Å². The van der Waals surface area contributed by atoms with Gasteiger partial charge in [0, 0.05) is 6.42 Å². The van der Waals surface area contributed by atoms with E-state index in [1.165, 1.54) is 180 Å². The van der Waals surface area contributed by atoms with Gasteiger partial charge in [-0.2, -0.15) is 0 Å². The van der Waals surface area contributed by atoms with E-state index in [2.05, 4.69) is 42.3 Å². The smallest absolute Gasteiger partial charge is 0.234 e. The summed E-state index contributed by atoms with van der Waals surface area (Å²) in [5.74, 6) is 1.60. The van der Waals surface area contributed by atoms with Crippen LogP contribution in [0, 0.1) is 0 Å². The van der Waals surface area contributed by atoms with Gasteiger partial charge in [-0.25, -0.2) is 9.13 Å². The highest BCUT2D eigenvalue weighted by Crippen LogP contribution is 2.15. The zero-order valence-corrected chi connectivity index (χ0v) is 25.3. The van der Waals surface area contributed by atoms with E-state index in [0.29, 0.717) is 0 Å². The van der Waals surface area contributed by atoms with Crippen molar-refractivity contribution >= 4 is 0 Å². The monoisotopic (exact) mass is 504 g/mol. The number of aromatic nitrogens is 2. The van der Waals surface area contributed by atoms with Gasteiger partial charge in [0.15, 0.2) is 0 Å². The summed E-state index contributed by atoms with van der Waals surface area (Å²) in [7, 11) is 0. The summed E-state index contributed by atoms with van der Waals surface area (Å²) in [6, 6.07) is 0. The molecule has 0 aliphatic heterocycles. The number of hydrogen-bond acceptors (Lipinski definition) is 0. The van der Waals surface area contributed by atoms with Crippen LogP contribution >= 0.6 is 0 Å². The molecule has 0 fully saturated rings. The number of unbranched alkanes of at least 4 members (excludes halogenated alkanes) is 22. The minimum Gasteiger partial charge on any atom is -0.234 e. The molecule has 0 bridgehead atoms. The van der Waals surface area contributed by atoms with Crippen molar-refractivity contribution in [3.63, 3.8) is 0 Å². The normalized spacial score (nSPS) is 11.5. The molecule has 0 amide bonds. The number of hydrogen-bond donors (Lipinski definition) is 0. The lowest BCUT2D eigenvalue weighted by atomic mass is 10.0. The van der Waals surface area contributed by atoms with Crippen molar-refractivity contribution in [2.45, 2.75) is 201 Å². The van der Waals surface area contributed by atoms with Crippen LogP contribution in [0.15, 0.2) is 12.4 Å². The highest BCUT2D eigenvalue weighted by atomic mass is 15.1. The Bertz CT molecular complexity index is 562. The third kappa shape index (κ3) is 18.5. The maximum Gasteiger partial charge on any atom is 0.256 e. The summed E-state index contributed by atoms with van der Waals surface area (Å²) in [6.45, 7) is 9.37. The Balaban J connectivity index is 2.14. The predicted octanol–water partition coefficient (Wildman–Crippen LogP) is 11.1. The van der Waals surface area contributed by atoms with Gasteiger partial charge in [0.05, 0.1) is 13.1 Å². The fraction of sp³-hybridized carbons (Fsp3) is 0.912. The molecule has 0 N–H and O–H groups in total. The molecule has 2 heteroatoms. The van der Waals surface area contributed by atoms with Gasteiger partial charge in [-0.05, 0) is 32.1 Å². The van der Waals surface area contributed by atoms with Crippen LogP contribution in [0.2, 0.25) is 0 Å². The predicted molar refractivity (Wildman–Crippen MR) is 161 cm³/mol. The van der Waals surface area contributed by atoms with Crippen LogP contribution in [0.3, 0.4) is 0 Å². The lowest BCUT2D eigenvalue weighted by Gasteiger charge is -2.07. The molecule has 0 aliphatic carbocycles. The molecule has 0 saturated heterocycles. The van der Waals surface area contributed by atoms with Gasteiger partial charge in [0.1, 0.15) is 12.4 Å². The van der Waals surface area contributed by atoms with E-state index in [-0.39, 0.29) is 0 Å². The fourth-order valence-electron chi connectivity index (χ4n) is 5.62.